The molecule has 0 unspecified atom stereocenters. The second kappa shape index (κ2) is 10.1. The summed E-state index contributed by atoms with van der Waals surface area (Å²) in [6.07, 6.45) is 8.62. The van der Waals surface area contributed by atoms with Crippen molar-refractivity contribution < 1.29 is 13.2 Å². The molecule has 0 saturated heterocycles. The first kappa shape index (κ1) is 22.3. The average Bonchev–Trinajstić information content (AvgIpc) is 2.70. The number of sulfonamides is 1. The van der Waals surface area contributed by atoms with E-state index in [4.69, 9.17) is 0 Å². The zero-order valence-corrected chi connectivity index (χ0v) is 18.7. The third-order valence-electron chi connectivity index (χ3n) is 5.81. The topological polar surface area (TPSA) is 66.5 Å². The van der Waals surface area contributed by atoms with Crippen molar-refractivity contribution in [3.05, 3.63) is 59.7 Å². The maximum Gasteiger partial charge on any atom is 0.264 e. The van der Waals surface area contributed by atoms with Gasteiger partial charge in [-0.1, -0.05) is 61.9 Å². The highest BCUT2D eigenvalue weighted by molar-refractivity contribution is 7.92. The van der Waals surface area contributed by atoms with Crippen molar-refractivity contribution >= 4 is 21.6 Å². The largest absolute Gasteiger partial charge is 0.353 e. The normalized spacial score (nSPS) is 15.8. The summed E-state index contributed by atoms with van der Waals surface area (Å²) < 4.78 is 27.0. The van der Waals surface area contributed by atoms with E-state index in [1.165, 1.54) is 36.4 Å². The molecular formula is C24H32N2O3S. The lowest BCUT2D eigenvalue weighted by atomic mass is 9.96. The summed E-state index contributed by atoms with van der Waals surface area (Å²) >= 11 is 0. The predicted octanol–water partition coefficient (Wildman–Crippen LogP) is 4.59. The lowest BCUT2D eigenvalue weighted by Crippen LogP contribution is -2.36. The third-order valence-corrected chi connectivity index (χ3v) is 7.61. The fourth-order valence-corrected chi connectivity index (χ4v) is 5.09. The number of amides is 1. The minimum atomic E-state index is -3.62. The van der Waals surface area contributed by atoms with E-state index in [0.29, 0.717) is 12.1 Å². The van der Waals surface area contributed by atoms with E-state index in [2.05, 4.69) is 5.32 Å². The van der Waals surface area contributed by atoms with E-state index in [1.54, 1.807) is 43.4 Å². The standard InChI is InChI=1S/C24H32N2O3S/c1-19-10-16-23(17-11-19)30(28,29)26(2)22-14-12-20(13-15-22)18-24(27)25-21-8-6-4-3-5-7-9-21/h10-17,21H,3-9,18H2,1-2H3,(H,25,27). The predicted molar refractivity (Wildman–Crippen MR) is 121 cm³/mol. The van der Waals surface area contributed by atoms with Crippen LogP contribution in [0.2, 0.25) is 0 Å². The molecule has 5 nitrogen and oxygen atoms in total. The monoisotopic (exact) mass is 428 g/mol. The molecule has 0 bridgehead atoms. The summed E-state index contributed by atoms with van der Waals surface area (Å²) in [5, 5.41) is 3.18. The van der Waals surface area contributed by atoms with E-state index in [-0.39, 0.29) is 16.8 Å². The number of carbonyl (C=O) groups is 1. The van der Waals surface area contributed by atoms with Crippen LogP contribution in [0.5, 0.6) is 0 Å². The van der Waals surface area contributed by atoms with Crippen LogP contribution in [0, 0.1) is 6.92 Å². The lowest BCUT2D eigenvalue weighted by Gasteiger charge is -2.21. The van der Waals surface area contributed by atoms with Crippen LogP contribution in [-0.2, 0) is 21.2 Å². The molecule has 3 rings (SSSR count). The SMILES string of the molecule is Cc1ccc(S(=O)(=O)N(C)c2ccc(CC(=O)NC3CCCCCCC3)cc2)cc1. The van der Waals surface area contributed by atoms with Crippen molar-refractivity contribution in [2.75, 3.05) is 11.4 Å². The van der Waals surface area contributed by atoms with Crippen molar-refractivity contribution in [2.45, 2.75) is 69.2 Å². The summed E-state index contributed by atoms with van der Waals surface area (Å²) in [6, 6.07) is 14.3. The maximum atomic E-state index is 12.8. The van der Waals surface area contributed by atoms with E-state index >= 15 is 0 Å². The fourth-order valence-electron chi connectivity index (χ4n) is 3.90. The van der Waals surface area contributed by atoms with Gasteiger partial charge in [0.1, 0.15) is 0 Å². The average molecular weight is 429 g/mol. The second-order valence-corrected chi connectivity index (χ2v) is 10.2. The van der Waals surface area contributed by atoms with Crippen molar-refractivity contribution in [1.82, 2.24) is 5.32 Å². The molecule has 162 valence electrons. The molecule has 30 heavy (non-hydrogen) atoms. The summed E-state index contributed by atoms with van der Waals surface area (Å²) in [7, 11) is -2.07. The molecule has 0 spiro atoms. The van der Waals surface area contributed by atoms with Crippen LogP contribution in [0.15, 0.2) is 53.4 Å². The lowest BCUT2D eigenvalue weighted by molar-refractivity contribution is -0.121. The quantitative estimate of drug-likeness (QED) is 0.732. The van der Waals surface area contributed by atoms with Gasteiger partial charge in [0, 0.05) is 13.1 Å². The van der Waals surface area contributed by atoms with Crippen LogP contribution in [-0.4, -0.2) is 27.4 Å². The number of aryl methyl sites for hydroxylation is 1. The van der Waals surface area contributed by atoms with Gasteiger partial charge in [0.25, 0.3) is 10.0 Å². The Bertz CT molecular complexity index is 929. The summed E-state index contributed by atoms with van der Waals surface area (Å²) in [5.74, 6) is 0.0361. The Morgan fingerprint density at radius 2 is 1.50 bits per heavy atom. The van der Waals surface area contributed by atoms with Crippen molar-refractivity contribution in [3.63, 3.8) is 0 Å². The molecule has 0 aromatic heterocycles. The number of hydrogen-bond donors (Lipinski definition) is 1. The fraction of sp³-hybridized carbons (Fsp3) is 0.458. The van der Waals surface area contributed by atoms with Crippen LogP contribution in [0.3, 0.4) is 0 Å². The Morgan fingerprint density at radius 1 is 0.933 bits per heavy atom. The molecule has 1 aliphatic carbocycles. The van der Waals surface area contributed by atoms with E-state index in [0.717, 1.165) is 24.0 Å². The molecule has 0 aliphatic heterocycles. The van der Waals surface area contributed by atoms with E-state index in [9.17, 15) is 13.2 Å². The Kier molecular flexibility index (Phi) is 7.53. The molecule has 1 amide bonds. The zero-order valence-electron chi connectivity index (χ0n) is 17.9. The van der Waals surface area contributed by atoms with Crippen LogP contribution >= 0.6 is 0 Å². The van der Waals surface area contributed by atoms with Gasteiger partial charge in [0.05, 0.1) is 17.0 Å². The molecule has 1 aliphatic rings. The van der Waals surface area contributed by atoms with Gasteiger partial charge in [-0.2, -0.15) is 0 Å². The molecule has 1 N–H and O–H groups in total. The van der Waals surface area contributed by atoms with Gasteiger partial charge >= 0.3 is 0 Å². The highest BCUT2D eigenvalue weighted by atomic mass is 32.2. The minimum absolute atomic E-state index is 0.0361. The molecule has 0 radical (unpaired) electrons. The number of nitrogens with one attached hydrogen (secondary N) is 1. The van der Waals surface area contributed by atoms with Gasteiger partial charge in [-0.3, -0.25) is 9.10 Å². The smallest absolute Gasteiger partial charge is 0.264 e. The number of hydrogen-bond acceptors (Lipinski definition) is 3. The van der Waals surface area contributed by atoms with Gasteiger partial charge in [-0.05, 0) is 49.6 Å². The molecule has 2 aromatic rings. The Hall–Kier alpha value is -2.34. The van der Waals surface area contributed by atoms with Crippen LogP contribution in [0.4, 0.5) is 5.69 Å². The minimum Gasteiger partial charge on any atom is -0.353 e. The number of benzene rings is 2. The molecule has 6 heteroatoms. The van der Waals surface area contributed by atoms with Crippen molar-refractivity contribution in [1.29, 1.82) is 0 Å². The Morgan fingerprint density at radius 3 is 2.10 bits per heavy atom. The second-order valence-electron chi connectivity index (χ2n) is 8.24. The van der Waals surface area contributed by atoms with Gasteiger partial charge in [-0.15, -0.1) is 0 Å². The first-order valence-electron chi connectivity index (χ1n) is 10.8. The van der Waals surface area contributed by atoms with Crippen LogP contribution < -0.4 is 9.62 Å². The molecule has 0 heterocycles. The highest BCUT2D eigenvalue weighted by Gasteiger charge is 2.21. The van der Waals surface area contributed by atoms with E-state index < -0.39 is 10.0 Å². The number of carbonyl (C=O) groups excluding carboxylic acids is 1. The number of nitrogens with zero attached hydrogens (tertiary/aromatic N) is 1. The van der Waals surface area contributed by atoms with Gasteiger partial charge in [0.2, 0.25) is 5.91 Å². The molecule has 2 aromatic carbocycles. The Labute approximate surface area is 180 Å². The van der Waals surface area contributed by atoms with Gasteiger partial charge in [0.15, 0.2) is 0 Å². The third kappa shape index (κ3) is 5.85. The molecule has 1 saturated carbocycles. The number of rotatable bonds is 6. The first-order chi connectivity index (χ1) is 14.4. The first-order valence-corrected chi connectivity index (χ1v) is 12.2. The Balaban J connectivity index is 1.61. The summed E-state index contributed by atoms with van der Waals surface area (Å²) in [6.45, 7) is 1.92. The van der Waals surface area contributed by atoms with Gasteiger partial charge in [-0.25, -0.2) is 8.42 Å². The summed E-state index contributed by atoms with van der Waals surface area (Å²) in [4.78, 5) is 12.7. The number of anilines is 1. The van der Waals surface area contributed by atoms with Crippen LogP contribution in [0.25, 0.3) is 0 Å². The highest BCUT2D eigenvalue weighted by Crippen LogP contribution is 2.23. The molecular weight excluding hydrogens is 396 g/mol. The van der Waals surface area contributed by atoms with Crippen molar-refractivity contribution in [2.24, 2.45) is 0 Å². The molecule has 1 fully saturated rings. The zero-order chi connectivity index (χ0) is 21.6. The summed E-state index contributed by atoms with van der Waals surface area (Å²) in [5.41, 5.74) is 2.46. The van der Waals surface area contributed by atoms with Gasteiger partial charge < -0.3 is 5.32 Å². The maximum absolute atomic E-state index is 12.8. The molecule has 0 atom stereocenters. The van der Waals surface area contributed by atoms with Crippen LogP contribution in [0.1, 0.15) is 56.1 Å². The van der Waals surface area contributed by atoms with Crippen molar-refractivity contribution in [3.8, 4) is 0 Å². The van der Waals surface area contributed by atoms with E-state index in [1.807, 2.05) is 19.1 Å².